The Morgan fingerprint density at radius 3 is 2.64 bits per heavy atom. The number of carbonyl (C=O) groups excluding carboxylic acids is 1. The van der Waals surface area contributed by atoms with Gasteiger partial charge in [-0.2, -0.15) is 0 Å². The molecule has 1 aliphatic rings. The fraction of sp³-hybridized carbons (Fsp3) is 0.857. The van der Waals surface area contributed by atoms with Crippen molar-refractivity contribution < 1.29 is 4.79 Å². The van der Waals surface area contributed by atoms with Gasteiger partial charge in [0.25, 0.3) is 0 Å². The molecule has 64 valence electrons. The highest BCUT2D eigenvalue weighted by Gasteiger charge is 2.23. The van der Waals surface area contributed by atoms with Crippen molar-refractivity contribution in [3.63, 3.8) is 0 Å². The minimum atomic E-state index is 0.196. The summed E-state index contributed by atoms with van der Waals surface area (Å²) in [5, 5.41) is 0. The molecule has 1 atom stereocenters. The van der Waals surface area contributed by atoms with E-state index in [-0.39, 0.29) is 5.91 Å². The Labute approximate surface area is 81.2 Å². The molecule has 1 amide bonds. The van der Waals surface area contributed by atoms with Gasteiger partial charge in [-0.15, -0.1) is 0 Å². The van der Waals surface area contributed by atoms with Crippen molar-refractivity contribution in [2.45, 2.75) is 19.9 Å². The molecule has 1 rings (SSSR count). The van der Waals surface area contributed by atoms with Crippen LogP contribution in [0.1, 0.15) is 13.8 Å². The van der Waals surface area contributed by atoms with Gasteiger partial charge in [-0.05, 0) is 6.92 Å². The van der Waals surface area contributed by atoms with Gasteiger partial charge in [0.1, 0.15) is 0 Å². The fourth-order valence-corrected chi connectivity index (χ4v) is 2.17. The van der Waals surface area contributed by atoms with E-state index in [1.54, 1.807) is 6.92 Å². The third-order valence-corrected chi connectivity index (χ3v) is 2.86. The van der Waals surface area contributed by atoms with Crippen LogP contribution in [0, 0.1) is 0 Å². The van der Waals surface area contributed by atoms with Gasteiger partial charge in [-0.1, -0.05) is 0 Å². The van der Waals surface area contributed by atoms with E-state index in [4.69, 9.17) is 0 Å². The van der Waals surface area contributed by atoms with Crippen LogP contribution in [0.25, 0.3) is 0 Å². The van der Waals surface area contributed by atoms with Crippen LogP contribution in [-0.4, -0.2) is 39.6 Å². The number of hydrogen-bond acceptors (Lipinski definition) is 2. The monoisotopic (exact) mass is 268 g/mol. The molecular weight excluding hydrogens is 255 g/mol. The number of amides is 1. The van der Waals surface area contributed by atoms with E-state index in [2.05, 4.69) is 32.9 Å². The quantitative estimate of drug-likeness (QED) is 0.481. The lowest BCUT2D eigenvalue weighted by molar-refractivity contribution is -0.132. The summed E-state index contributed by atoms with van der Waals surface area (Å²) in [7, 11) is 0. The van der Waals surface area contributed by atoms with Crippen LogP contribution >= 0.6 is 22.9 Å². The zero-order valence-electron chi connectivity index (χ0n) is 6.88. The molecule has 1 heterocycles. The summed E-state index contributed by atoms with van der Waals surface area (Å²) in [5.41, 5.74) is 0. The smallest absolute Gasteiger partial charge is 0.219 e. The molecule has 0 aliphatic carbocycles. The first-order chi connectivity index (χ1) is 5.11. The summed E-state index contributed by atoms with van der Waals surface area (Å²) in [6.07, 6.45) is 0. The Morgan fingerprint density at radius 2 is 2.18 bits per heavy atom. The molecule has 0 spiro atoms. The Kier molecular flexibility index (Phi) is 3.12. The number of carbonyl (C=O) groups is 1. The zero-order valence-corrected chi connectivity index (χ0v) is 9.04. The maximum atomic E-state index is 11.0. The van der Waals surface area contributed by atoms with Crippen molar-refractivity contribution in [2.24, 2.45) is 0 Å². The van der Waals surface area contributed by atoms with Gasteiger partial charge in [0.05, 0.1) is 0 Å². The number of piperazine rings is 1. The first-order valence-electron chi connectivity index (χ1n) is 3.79. The summed E-state index contributed by atoms with van der Waals surface area (Å²) in [6, 6.07) is 0.373. The highest BCUT2D eigenvalue weighted by molar-refractivity contribution is 14.1. The molecule has 0 aromatic rings. The first-order valence-corrected chi connectivity index (χ1v) is 4.75. The fourth-order valence-electron chi connectivity index (χ4n) is 1.38. The van der Waals surface area contributed by atoms with Crippen LogP contribution in [0.2, 0.25) is 0 Å². The van der Waals surface area contributed by atoms with Crippen LogP contribution in [0.3, 0.4) is 0 Å². The molecule has 0 aromatic carbocycles. The number of nitrogens with zero attached hydrogens (tertiary/aromatic N) is 2. The molecule has 0 bridgehead atoms. The predicted molar refractivity (Wildman–Crippen MR) is 52.4 cm³/mol. The molecule has 0 radical (unpaired) electrons. The van der Waals surface area contributed by atoms with E-state index in [1.807, 2.05) is 4.90 Å². The van der Waals surface area contributed by atoms with E-state index < -0.39 is 0 Å². The Morgan fingerprint density at radius 1 is 1.55 bits per heavy atom. The van der Waals surface area contributed by atoms with Crippen molar-refractivity contribution in [1.29, 1.82) is 0 Å². The molecule has 0 saturated carbocycles. The van der Waals surface area contributed by atoms with Gasteiger partial charge in [-0.3, -0.25) is 4.79 Å². The SMILES string of the molecule is CC(=O)N1CCN(I)C[C@H]1C. The topological polar surface area (TPSA) is 23.6 Å². The summed E-state index contributed by atoms with van der Waals surface area (Å²) < 4.78 is 2.22. The molecule has 0 N–H and O–H groups in total. The second kappa shape index (κ2) is 3.71. The number of rotatable bonds is 0. The predicted octanol–water partition coefficient (Wildman–Crippen LogP) is 0.889. The van der Waals surface area contributed by atoms with Crippen LogP contribution in [0.5, 0.6) is 0 Å². The van der Waals surface area contributed by atoms with Crippen LogP contribution < -0.4 is 0 Å². The van der Waals surface area contributed by atoms with Gasteiger partial charge >= 0.3 is 0 Å². The highest BCUT2D eigenvalue weighted by Crippen LogP contribution is 2.12. The minimum absolute atomic E-state index is 0.196. The van der Waals surface area contributed by atoms with Gasteiger partial charge in [0.15, 0.2) is 0 Å². The normalized spacial score (nSPS) is 27.2. The first kappa shape index (κ1) is 9.25. The van der Waals surface area contributed by atoms with Crippen molar-refractivity contribution in [3.8, 4) is 0 Å². The second-order valence-electron chi connectivity index (χ2n) is 2.93. The average Bonchev–Trinajstić information content (AvgIpc) is 1.85. The third-order valence-electron chi connectivity index (χ3n) is 1.98. The van der Waals surface area contributed by atoms with Crippen LogP contribution in [-0.2, 0) is 4.79 Å². The third kappa shape index (κ3) is 2.30. The lowest BCUT2D eigenvalue weighted by atomic mass is 10.2. The van der Waals surface area contributed by atoms with E-state index in [9.17, 15) is 4.79 Å². The van der Waals surface area contributed by atoms with Crippen molar-refractivity contribution in [2.75, 3.05) is 19.6 Å². The van der Waals surface area contributed by atoms with Gasteiger partial charge in [-0.25, -0.2) is 3.11 Å². The molecular formula is C7H13IN2O. The van der Waals surface area contributed by atoms with E-state index >= 15 is 0 Å². The summed E-state index contributed by atoms with van der Waals surface area (Å²) in [5.74, 6) is 0.196. The Hall–Kier alpha value is 0.160. The summed E-state index contributed by atoms with van der Waals surface area (Å²) in [4.78, 5) is 12.9. The molecule has 3 nitrogen and oxygen atoms in total. The summed E-state index contributed by atoms with van der Waals surface area (Å²) >= 11 is 2.30. The Bertz CT molecular complexity index is 163. The maximum Gasteiger partial charge on any atom is 0.219 e. The largest absolute Gasteiger partial charge is 0.338 e. The van der Waals surface area contributed by atoms with E-state index in [0.717, 1.165) is 19.6 Å². The zero-order chi connectivity index (χ0) is 8.43. The standard InChI is InChI=1S/C7H13IN2O/c1-6-5-9(8)3-4-10(6)7(2)11/h6H,3-5H2,1-2H3/t6-/m1/s1. The molecule has 1 saturated heterocycles. The van der Waals surface area contributed by atoms with Crippen LogP contribution in [0.15, 0.2) is 0 Å². The van der Waals surface area contributed by atoms with Crippen molar-refractivity contribution in [1.82, 2.24) is 8.01 Å². The van der Waals surface area contributed by atoms with Gasteiger partial charge in [0, 0.05) is 55.5 Å². The molecule has 4 heteroatoms. The van der Waals surface area contributed by atoms with Crippen LogP contribution in [0.4, 0.5) is 0 Å². The van der Waals surface area contributed by atoms with E-state index in [0.29, 0.717) is 6.04 Å². The number of hydrogen-bond donors (Lipinski definition) is 0. The average molecular weight is 268 g/mol. The highest BCUT2D eigenvalue weighted by atomic mass is 127. The van der Waals surface area contributed by atoms with Crippen molar-refractivity contribution in [3.05, 3.63) is 0 Å². The van der Waals surface area contributed by atoms with E-state index in [1.165, 1.54) is 0 Å². The van der Waals surface area contributed by atoms with Crippen molar-refractivity contribution >= 4 is 28.8 Å². The lowest BCUT2D eigenvalue weighted by Gasteiger charge is -2.36. The molecule has 11 heavy (non-hydrogen) atoms. The molecule has 1 aliphatic heterocycles. The van der Waals surface area contributed by atoms with Gasteiger partial charge in [0.2, 0.25) is 5.91 Å². The van der Waals surface area contributed by atoms with Gasteiger partial charge < -0.3 is 4.90 Å². The Balaban J connectivity index is 2.50. The minimum Gasteiger partial charge on any atom is -0.338 e. The summed E-state index contributed by atoms with van der Waals surface area (Å²) in [6.45, 7) is 6.58. The molecule has 0 unspecified atom stereocenters. The molecule has 1 fully saturated rings. The second-order valence-corrected chi connectivity index (χ2v) is 4.29. The maximum absolute atomic E-state index is 11.0. The number of halogens is 1. The lowest BCUT2D eigenvalue weighted by Crippen LogP contribution is -2.50. The molecule has 0 aromatic heterocycles.